The van der Waals surface area contributed by atoms with Gasteiger partial charge in [0.05, 0.1) is 36.5 Å². The first-order chi connectivity index (χ1) is 13.0. The van der Waals surface area contributed by atoms with Gasteiger partial charge in [-0.3, -0.25) is 4.79 Å². The van der Waals surface area contributed by atoms with Crippen molar-refractivity contribution in [1.82, 2.24) is 15.0 Å². The third-order valence-corrected chi connectivity index (χ3v) is 4.32. The van der Waals surface area contributed by atoms with E-state index < -0.39 is 5.97 Å². The maximum Gasteiger partial charge on any atom is 0.335 e. The average molecular weight is 365 g/mol. The number of carbonyl (C=O) groups is 1. The van der Waals surface area contributed by atoms with Crippen molar-refractivity contribution < 1.29 is 19.4 Å². The highest BCUT2D eigenvalue weighted by atomic mass is 16.5. The summed E-state index contributed by atoms with van der Waals surface area (Å²) in [5.74, 6) is -0.0253. The molecule has 8 nitrogen and oxygen atoms in total. The minimum atomic E-state index is -1.01. The van der Waals surface area contributed by atoms with E-state index in [2.05, 4.69) is 15.0 Å². The van der Waals surface area contributed by atoms with Crippen molar-refractivity contribution in [2.45, 2.75) is 0 Å². The number of methoxy groups -OCH3 is 2. The normalized spacial score (nSPS) is 11.0. The summed E-state index contributed by atoms with van der Waals surface area (Å²) in [7, 11) is 3.04. The minimum absolute atomic E-state index is 0.172. The summed E-state index contributed by atoms with van der Waals surface area (Å²) in [5.41, 5.74) is 2.25. The van der Waals surface area contributed by atoms with Crippen LogP contribution in [-0.2, 0) is 0 Å². The summed E-state index contributed by atoms with van der Waals surface area (Å²) in [6, 6.07) is 9.73. The van der Waals surface area contributed by atoms with Crippen molar-refractivity contribution in [3.05, 3.63) is 52.3 Å². The number of H-pyrrole nitrogens is 2. The third kappa shape index (κ3) is 2.77. The number of ether oxygens (including phenoxy) is 2. The van der Waals surface area contributed by atoms with Gasteiger partial charge in [-0.15, -0.1) is 0 Å². The molecule has 0 spiro atoms. The smallest absolute Gasteiger partial charge is 0.335 e. The van der Waals surface area contributed by atoms with Crippen LogP contribution in [0.1, 0.15) is 10.4 Å². The van der Waals surface area contributed by atoms with Crippen molar-refractivity contribution in [2.24, 2.45) is 0 Å². The molecule has 0 aliphatic heterocycles. The van der Waals surface area contributed by atoms with Crippen LogP contribution in [0.3, 0.4) is 0 Å². The summed E-state index contributed by atoms with van der Waals surface area (Å²) in [5, 5.41) is 9.80. The largest absolute Gasteiger partial charge is 0.493 e. The van der Waals surface area contributed by atoms with Crippen LogP contribution in [0.2, 0.25) is 0 Å². The molecule has 2 heterocycles. The number of nitrogens with one attached hydrogen (secondary N) is 2. The molecule has 0 radical (unpaired) electrons. The van der Waals surface area contributed by atoms with E-state index in [9.17, 15) is 9.59 Å². The molecule has 27 heavy (non-hydrogen) atoms. The second-order valence-corrected chi connectivity index (χ2v) is 5.93. The van der Waals surface area contributed by atoms with Crippen LogP contribution in [0.15, 0.2) is 41.2 Å². The SMILES string of the molecule is COc1cc2nc(-c3cc4cc(C(=O)O)ccc4[nH]3)c(=O)[nH]c2cc1OC. The summed E-state index contributed by atoms with van der Waals surface area (Å²) < 4.78 is 10.5. The van der Waals surface area contributed by atoms with Crippen LogP contribution in [0.25, 0.3) is 33.3 Å². The van der Waals surface area contributed by atoms with Crippen LogP contribution in [0, 0.1) is 0 Å². The molecule has 8 heteroatoms. The Morgan fingerprint density at radius 3 is 2.44 bits per heavy atom. The van der Waals surface area contributed by atoms with Gasteiger partial charge in [0.2, 0.25) is 0 Å². The van der Waals surface area contributed by atoms with E-state index in [1.807, 2.05) is 0 Å². The third-order valence-electron chi connectivity index (χ3n) is 4.32. The van der Waals surface area contributed by atoms with Crippen molar-refractivity contribution >= 4 is 27.9 Å². The van der Waals surface area contributed by atoms with Gasteiger partial charge >= 0.3 is 5.97 Å². The van der Waals surface area contributed by atoms with Crippen LogP contribution in [0.4, 0.5) is 0 Å². The Morgan fingerprint density at radius 1 is 1.00 bits per heavy atom. The van der Waals surface area contributed by atoms with Gasteiger partial charge in [0.1, 0.15) is 0 Å². The van der Waals surface area contributed by atoms with Crippen molar-refractivity contribution in [2.75, 3.05) is 14.2 Å². The summed E-state index contributed by atoms with van der Waals surface area (Å²) in [4.78, 5) is 34.0. The molecule has 0 saturated carbocycles. The van der Waals surface area contributed by atoms with Crippen LogP contribution < -0.4 is 15.0 Å². The zero-order valence-corrected chi connectivity index (χ0v) is 14.5. The maximum absolute atomic E-state index is 12.5. The molecule has 0 saturated heterocycles. The van der Waals surface area contributed by atoms with Gasteiger partial charge in [0.25, 0.3) is 5.56 Å². The molecular weight excluding hydrogens is 350 g/mol. The van der Waals surface area contributed by atoms with E-state index in [1.54, 1.807) is 30.3 Å². The highest BCUT2D eigenvalue weighted by Crippen LogP contribution is 2.31. The molecule has 0 bridgehead atoms. The van der Waals surface area contributed by atoms with Crippen molar-refractivity contribution in [3.63, 3.8) is 0 Å². The Bertz CT molecular complexity index is 1260. The van der Waals surface area contributed by atoms with Crippen LogP contribution >= 0.6 is 0 Å². The number of aromatic nitrogens is 3. The molecule has 2 aromatic heterocycles. The number of carboxylic acid groups (broad SMARTS) is 1. The van der Waals surface area contributed by atoms with E-state index >= 15 is 0 Å². The molecule has 0 fully saturated rings. The molecule has 0 aliphatic carbocycles. The monoisotopic (exact) mass is 365 g/mol. The fourth-order valence-electron chi connectivity index (χ4n) is 2.99. The van der Waals surface area contributed by atoms with Gasteiger partial charge in [-0.2, -0.15) is 0 Å². The number of aromatic carboxylic acids is 1. The first kappa shape index (κ1) is 16.6. The lowest BCUT2D eigenvalue weighted by Gasteiger charge is -2.09. The lowest BCUT2D eigenvalue weighted by molar-refractivity contribution is 0.0697. The second kappa shape index (κ2) is 6.17. The van der Waals surface area contributed by atoms with Gasteiger partial charge in [-0.25, -0.2) is 9.78 Å². The number of carboxylic acids is 1. The Balaban J connectivity index is 1.90. The van der Waals surface area contributed by atoms with Crippen molar-refractivity contribution in [1.29, 1.82) is 0 Å². The molecule has 3 N–H and O–H groups in total. The van der Waals surface area contributed by atoms with Gasteiger partial charge < -0.3 is 24.5 Å². The highest BCUT2D eigenvalue weighted by molar-refractivity contribution is 5.95. The molecule has 4 aromatic rings. The van der Waals surface area contributed by atoms with E-state index in [-0.39, 0.29) is 16.8 Å². The molecule has 0 amide bonds. The molecule has 4 rings (SSSR count). The Kier molecular flexibility index (Phi) is 3.80. The lowest BCUT2D eigenvalue weighted by atomic mass is 10.1. The van der Waals surface area contributed by atoms with Gasteiger partial charge in [0, 0.05) is 23.0 Å². The molecule has 0 atom stereocenters. The van der Waals surface area contributed by atoms with Crippen LogP contribution in [-0.4, -0.2) is 40.2 Å². The Labute approximate surface area is 152 Å². The fourth-order valence-corrected chi connectivity index (χ4v) is 2.99. The molecule has 0 aliphatic rings. The fraction of sp³-hybridized carbons (Fsp3) is 0.105. The zero-order chi connectivity index (χ0) is 19.1. The quantitative estimate of drug-likeness (QED) is 0.512. The average Bonchev–Trinajstić information content (AvgIpc) is 3.09. The van der Waals surface area contributed by atoms with Gasteiger partial charge in [0.15, 0.2) is 17.2 Å². The topological polar surface area (TPSA) is 117 Å². The minimum Gasteiger partial charge on any atom is -0.493 e. The Morgan fingerprint density at radius 2 is 1.74 bits per heavy atom. The zero-order valence-electron chi connectivity index (χ0n) is 14.5. The molecule has 136 valence electrons. The number of hydrogen-bond acceptors (Lipinski definition) is 5. The molecule has 0 unspecified atom stereocenters. The summed E-state index contributed by atoms with van der Waals surface area (Å²) in [6.07, 6.45) is 0. The van der Waals surface area contributed by atoms with E-state index in [1.165, 1.54) is 20.3 Å². The predicted octanol–water partition coefficient (Wildman–Crippen LogP) is 2.79. The summed E-state index contributed by atoms with van der Waals surface area (Å²) >= 11 is 0. The lowest BCUT2D eigenvalue weighted by Crippen LogP contribution is -2.11. The first-order valence-corrected chi connectivity index (χ1v) is 8.02. The number of benzene rings is 2. The van der Waals surface area contributed by atoms with Crippen LogP contribution in [0.5, 0.6) is 11.5 Å². The second-order valence-electron chi connectivity index (χ2n) is 5.93. The number of nitrogens with zero attached hydrogens (tertiary/aromatic N) is 1. The Hall–Kier alpha value is -3.81. The summed E-state index contributed by atoms with van der Waals surface area (Å²) in [6.45, 7) is 0. The number of hydrogen-bond donors (Lipinski definition) is 3. The van der Waals surface area contributed by atoms with Gasteiger partial charge in [-0.1, -0.05) is 0 Å². The standard InChI is InChI=1S/C19H15N3O5/c1-26-15-7-12-13(8-16(15)27-2)22-18(23)17(21-12)14-6-10-5-9(19(24)25)3-4-11(10)20-14/h3-8,20H,1-2H3,(H,22,23)(H,24,25). The molecule has 2 aromatic carbocycles. The number of fused-ring (bicyclic) bond motifs is 2. The van der Waals surface area contributed by atoms with E-state index in [0.717, 1.165) is 0 Å². The van der Waals surface area contributed by atoms with E-state index in [0.29, 0.717) is 39.1 Å². The first-order valence-electron chi connectivity index (χ1n) is 8.02. The van der Waals surface area contributed by atoms with Crippen molar-refractivity contribution in [3.8, 4) is 22.9 Å². The van der Waals surface area contributed by atoms with E-state index in [4.69, 9.17) is 14.6 Å². The highest BCUT2D eigenvalue weighted by Gasteiger charge is 2.14. The number of rotatable bonds is 4. The predicted molar refractivity (Wildman–Crippen MR) is 99.7 cm³/mol. The number of aromatic amines is 2. The van der Waals surface area contributed by atoms with Gasteiger partial charge in [-0.05, 0) is 24.3 Å². The molecular formula is C19H15N3O5. The maximum atomic E-state index is 12.5.